The van der Waals surface area contributed by atoms with Crippen molar-refractivity contribution < 1.29 is 58.9 Å². The minimum Gasteiger partial charge on any atom is -0.870 e. The largest absolute Gasteiger partial charge is 1.00 e. The molecule has 7 rings (SSSR count). The molecule has 0 radical (unpaired) electrons. The minimum atomic E-state index is -0.838. The van der Waals surface area contributed by atoms with Crippen LogP contribution in [0.1, 0.15) is 166 Å². The van der Waals surface area contributed by atoms with Crippen LogP contribution < -0.4 is 34.9 Å². The van der Waals surface area contributed by atoms with Gasteiger partial charge in [0.25, 0.3) is 0 Å². The summed E-state index contributed by atoms with van der Waals surface area (Å²) in [7, 11) is 0. The predicted molar refractivity (Wildman–Crippen MR) is 219 cm³/mol. The third-order valence-corrected chi connectivity index (χ3v) is 19.1. The van der Waals surface area contributed by atoms with Crippen LogP contribution in [0.2, 0.25) is 0 Å². The molecule has 0 spiro atoms. The van der Waals surface area contributed by atoms with E-state index in [1.165, 1.54) is 18.4 Å². The normalized spacial score (nSPS) is 42.8. The SMILES string of the molecule is C=C(C)[C@@H]1CC[C@]2(C(=O)NC3C[C@H](C(=O)N4CCCCC4)C3(C)C)CC[C@]3(C)C(CCC4[C@@]5(C)CC[C@H](OC(=O)CC(C)(C)[C-]=O)C(C)(C)C5CC[C@]43C)C12.[Na+].[OH-]. The van der Waals surface area contributed by atoms with E-state index in [1.54, 1.807) is 13.8 Å². The molecule has 0 aromatic rings. The van der Waals surface area contributed by atoms with Crippen molar-refractivity contribution in [2.45, 2.75) is 178 Å². The van der Waals surface area contributed by atoms with E-state index in [9.17, 15) is 14.4 Å². The number of fused-ring (bicyclic) bond motifs is 7. The minimum absolute atomic E-state index is 0. The summed E-state index contributed by atoms with van der Waals surface area (Å²) in [4.78, 5) is 55.2. The zero-order valence-corrected chi connectivity index (χ0v) is 39.8. The van der Waals surface area contributed by atoms with E-state index in [2.05, 4.69) is 72.2 Å². The van der Waals surface area contributed by atoms with Crippen LogP contribution in [0.15, 0.2) is 12.2 Å². The molecule has 2 amide bonds. The Morgan fingerprint density at radius 3 is 2.11 bits per heavy atom. The van der Waals surface area contributed by atoms with E-state index in [-0.39, 0.29) is 104 Å². The van der Waals surface area contributed by atoms with Crippen molar-refractivity contribution in [1.82, 2.24) is 10.2 Å². The molecule has 5 unspecified atom stereocenters. The van der Waals surface area contributed by atoms with Crippen molar-refractivity contribution in [1.29, 1.82) is 0 Å². The average molecular weight is 800 g/mol. The Kier molecular flexibility index (Phi) is 13.1. The second kappa shape index (κ2) is 15.9. The van der Waals surface area contributed by atoms with Gasteiger partial charge < -0.3 is 25.2 Å². The number of amides is 2. The van der Waals surface area contributed by atoms with Gasteiger partial charge in [0.2, 0.25) is 11.8 Å². The van der Waals surface area contributed by atoms with E-state index in [0.29, 0.717) is 35.5 Å². The first-order chi connectivity index (χ1) is 25.6. The number of nitrogens with zero attached hydrogens (tertiary/aromatic N) is 1. The van der Waals surface area contributed by atoms with E-state index in [1.807, 2.05) is 6.29 Å². The Balaban J connectivity index is 0.00000310. The van der Waals surface area contributed by atoms with Gasteiger partial charge in [-0.2, -0.15) is 0 Å². The van der Waals surface area contributed by atoms with Crippen molar-refractivity contribution in [3.05, 3.63) is 12.2 Å². The van der Waals surface area contributed by atoms with E-state index < -0.39 is 5.41 Å². The van der Waals surface area contributed by atoms with Gasteiger partial charge in [-0.1, -0.05) is 74.5 Å². The van der Waals surface area contributed by atoms with Crippen LogP contribution in [0, 0.1) is 73.4 Å². The zero-order valence-electron chi connectivity index (χ0n) is 37.8. The maximum Gasteiger partial charge on any atom is 1.00 e. The Labute approximate surface area is 367 Å². The maximum atomic E-state index is 15.0. The van der Waals surface area contributed by atoms with E-state index in [0.717, 1.165) is 90.1 Å². The number of nitrogens with one attached hydrogen (secondary N) is 1. The van der Waals surface area contributed by atoms with Gasteiger partial charge >= 0.3 is 35.5 Å². The summed E-state index contributed by atoms with van der Waals surface area (Å²) in [6, 6.07) is 0.0297. The maximum absolute atomic E-state index is 15.0. The molecule has 1 aliphatic heterocycles. The molecule has 8 nitrogen and oxygen atoms in total. The molecule has 0 bridgehead atoms. The Morgan fingerprint density at radius 2 is 1.49 bits per heavy atom. The van der Waals surface area contributed by atoms with E-state index >= 15 is 4.79 Å². The fourth-order valence-electron chi connectivity index (χ4n) is 15.5. The van der Waals surface area contributed by atoms with Gasteiger partial charge in [0, 0.05) is 36.9 Å². The molecule has 6 saturated carbocycles. The van der Waals surface area contributed by atoms with Gasteiger partial charge in [-0.15, -0.1) is 5.41 Å². The summed E-state index contributed by atoms with van der Waals surface area (Å²) in [5.41, 5.74) is 0.00610. The van der Waals surface area contributed by atoms with Crippen LogP contribution in [0.25, 0.3) is 0 Å². The zero-order chi connectivity index (χ0) is 40.1. The molecule has 1 heterocycles. The van der Waals surface area contributed by atoms with Crippen LogP contribution >= 0.6 is 0 Å². The van der Waals surface area contributed by atoms with Gasteiger partial charge in [0.05, 0.1) is 5.41 Å². The number of piperidine rings is 1. The topological polar surface area (TPSA) is 123 Å². The number of rotatable bonds is 8. The third-order valence-electron chi connectivity index (χ3n) is 19.1. The molecule has 7 aliphatic rings. The second-order valence-electron chi connectivity index (χ2n) is 22.9. The van der Waals surface area contributed by atoms with Crippen molar-refractivity contribution in [3.8, 4) is 0 Å². The molecule has 1 saturated heterocycles. The van der Waals surface area contributed by atoms with E-state index in [4.69, 9.17) is 4.74 Å². The summed E-state index contributed by atoms with van der Waals surface area (Å²) in [6.45, 7) is 28.9. The summed E-state index contributed by atoms with van der Waals surface area (Å²) in [5.74, 6) is 2.38. The molecule has 6 aliphatic carbocycles. The fraction of sp³-hybridized carbons (Fsp3) is 0.875. The fourth-order valence-corrected chi connectivity index (χ4v) is 15.5. The van der Waals surface area contributed by atoms with Gasteiger partial charge in [-0.3, -0.25) is 20.7 Å². The quantitative estimate of drug-likeness (QED) is 0.130. The molecule has 0 aromatic heterocycles. The number of carbonyl (C=O) groups excluding carboxylic acids is 4. The van der Waals surface area contributed by atoms with Gasteiger partial charge in [-0.25, -0.2) is 0 Å². The van der Waals surface area contributed by atoms with Crippen molar-refractivity contribution in [2.75, 3.05) is 13.1 Å². The summed E-state index contributed by atoms with van der Waals surface area (Å²) < 4.78 is 6.24. The first-order valence-corrected chi connectivity index (χ1v) is 22.4. The number of ether oxygens (including phenoxy) is 1. The molecule has 2 N–H and O–H groups in total. The first kappa shape index (κ1) is 46.8. The number of hydrogen-bond acceptors (Lipinski definition) is 6. The van der Waals surface area contributed by atoms with Gasteiger partial charge in [-0.05, 0) is 148 Å². The number of carbonyl (C=O) groups is 3. The third kappa shape index (κ3) is 7.18. The predicted octanol–water partition coefficient (Wildman–Crippen LogP) is 6.45. The van der Waals surface area contributed by atoms with Crippen molar-refractivity contribution in [3.63, 3.8) is 0 Å². The van der Waals surface area contributed by atoms with Crippen molar-refractivity contribution in [2.24, 2.45) is 73.4 Å². The molecular weight excluding hydrogens is 724 g/mol. The average Bonchev–Trinajstić information content (AvgIpc) is 3.53. The first-order valence-electron chi connectivity index (χ1n) is 22.4. The monoisotopic (exact) mass is 800 g/mol. The number of hydrogen-bond donors (Lipinski definition) is 1. The van der Waals surface area contributed by atoms with Crippen LogP contribution in [0.4, 0.5) is 0 Å². The van der Waals surface area contributed by atoms with Crippen LogP contribution in [-0.2, 0) is 23.9 Å². The van der Waals surface area contributed by atoms with Gasteiger partial charge in [0.15, 0.2) is 0 Å². The van der Waals surface area contributed by atoms with Crippen molar-refractivity contribution >= 4 is 24.1 Å². The second-order valence-corrected chi connectivity index (χ2v) is 22.9. The number of esters is 1. The molecular formula is C48H76N2NaO6-. The van der Waals surface area contributed by atoms with Crippen LogP contribution in [-0.4, -0.2) is 59.7 Å². The summed E-state index contributed by atoms with van der Waals surface area (Å²) >= 11 is 0. The molecule has 7 fully saturated rings. The van der Waals surface area contributed by atoms with Crippen LogP contribution in [0.5, 0.6) is 0 Å². The molecule has 0 aromatic carbocycles. The van der Waals surface area contributed by atoms with Crippen LogP contribution in [0.3, 0.4) is 0 Å². The van der Waals surface area contributed by atoms with Gasteiger partial charge in [0.1, 0.15) is 6.10 Å². The number of allylic oxidation sites excluding steroid dienone is 1. The molecule has 12 atom stereocenters. The molecule has 9 heteroatoms. The standard InChI is InChI=1S/C48H75N2O5.Na.H2O/c1-30(2)31-17-22-48(41(54)49-36-27-33(43(36,5)6)40(53)50-25-13-12-14-26-50)24-23-46(10)32(39(31)48)15-16-35-45(9)20-19-37(55-38(52)28-42(3,4)29-51)44(7,8)34(45)18-21-47(35,46)11;;/h31-37,39H,1,12-28H2,2-11H3,(H,49,54);;1H2/q-1;+1;/p-1/t31-,32?,33+,34?,35?,36?,37-,39?,45-,46+,47+,48-;;/m0../s1. The summed E-state index contributed by atoms with van der Waals surface area (Å²) in [5, 5.41) is 3.65. The summed E-state index contributed by atoms with van der Waals surface area (Å²) in [6.07, 6.45) is 16.6. The number of likely N-dealkylation sites (tertiary alicyclic amines) is 1. The molecule has 316 valence electrons. The Morgan fingerprint density at radius 1 is 0.825 bits per heavy atom. The smallest absolute Gasteiger partial charge is 0.870 e. The Hall–Kier alpha value is -1.22. The Bertz CT molecular complexity index is 1590. The molecule has 57 heavy (non-hydrogen) atoms.